The lowest BCUT2D eigenvalue weighted by Crippen LogP contribution is -1.99. The molecule has 0 saturated carbocycles. The highest BCUT2D eigenvalue weighted by Gasteiger charge is 2.03. The fraction of sp³-hybridized carbons (Fsp3) is 0.444. The zero-order chi connectivity index (χ0) is 11.8. The molecule has 0 bridgehead atoms. The first-order valence-electron chi connectivity index (χ1n) is 4.99. The lowest BCUT2D eigenvalue weighted by molar-refractivity contribution is 1.22. The normalized spacial score (nSPS) is 8.53. The smallest absolute Gasteiger partial charge is 0.224 e. The van der Waals surface area contributed by atoms with Crippen molar-refractivity contribution in [3.63, 3.8) is 0 Å². The highest BCUT2D eigenvalue weighted by Crippen LogP contribution is 2.12. The molecule has 5 N–H and O–H groups in total. The summed E-state index contributed by atoms with van der Waals surface area (Å²) in [7, 11) is 0. The summed E-state index contributed by atoms with van der Waals surface area (Å²) in [5.74, 6) is 0.465. The largest absolute Gasteiger partial charge is 0.382 e. The number of aromatic nitrogens is 4. The van der Waals surface area contributed by atoms with E-state index in [4.69, 9.17) is 11.5 Å². The lowest BCUT2D eigenvalue weighted by Gasteiger charge is -1.94. The van der Waals surface area contributed by atoms with Gasteiger partial charge in [-0.05, 0) is 0 Å². The van der Waals surface area contributed by atoms with Gasteiger partial charge >= 0.3 is 0 Å². The van der Waals surface area contributed by atoms with Crippen LogP contribution in [0, 0.1) is 0 Å². The molecule has 6 heteroatoms. The van der Waals surface area contributed by atoms with Crippen LogP contribution >= 0.6 is 0 Å². The molecule has 0 radical (unpaired) electrons. The molecule has 15 heavy (non-hydrogen) atoms. The third-order valence-corrected chi connectivity index (χ3v) is 1.33. The van der Waals surface area contributed by atoms with Gasteiger partial charge in [0.25, 0.3) is 0 Å². The van der Waals surface area contributed by atoms with E-state index in [-0.39, 0.29) is 5.95 Å². The summed E-state index contributed by atoms with van der Waals surface area (Å²) >= 11 is 0. The van der Waals surface area contributed by atoms with E-state index in [1.54, 1.807) is 0 Å². The van der Waals surface area contributed by atoms with Gasteiger partial charge in [-0.2, -0.15) is 9.97 Å². The number of H-pyrrole nitrogens is 1. The van der Waals surface area contributed by atoms with Gasteiger partial charge in [-0.3, -0.25) is 0 Å². The minimum atomic E-state index is 0.141. The summed E-state index contributed by atoms with van der Waals surface area (Å²) < 4.78 is 0. The highest BCUT2D eigenvalue weighted by molar-refractivity contribution is 5.81. The predicted octanol–water partition coefficient (Wildman–Crippen LogP) is 1.57. The van der Waals surface area contributed by atoms with Gasteiger partial charge < -0.3 is 16.5 Å². The predicted molar refractivity (Wildman–Crippen MR) is 63.2 cm³/mol. The molecule has 0 saturated heterocycles. The van der Waals surface area contributed by atoms with E-state index >= 15 is 0 Å². The van der Waals surface area contributed by atoms with Crippen LogP contribution < -0.4 is 11.5 Å². The molecular formula is C9H18N6. The van der Waals surface area contributed by atoms with Crippen molar-refractivity contribution < 1.29 is 0 Å². The molecule has 0 fully saturated rings. The number of fused-ring (bicyclic) bond motifs is 1. The fourth-order valence-corrected chi connectivity index (χ4v) is 0.873. The average molecular weight is 210 g/mol. The van der Waals surface area contributed by atoms with E-state index in [0.717, 1.165) is 0 Å². The van der Waals surface area contributed by atoms with E-state index in [1.807, 2.05) is 27.7 Å². The van der Waals surface area contributed by atoms with E-state index in [0.29, 0.717) is 17.0 Å². The lowest BCUT2D eigenvalue weighted by atomic mass is 10.5. The molecule has 0 aromatic carbocycles. The molecule has 2 aromatic heterocycles. The van der Waals surface area contributed by atoms with Crippen molar-refractivity contribution in [3.8, 4) is 0 Å². The number of anilines is 2. The van der Waals surface area contributed by atoms with E-state index in [1.165, 1.54) is 6.33 Å². The first kappa shape index (κ1) is 13.2. The van der Waals surface area contributed by atoms with Crippen molar-refractivity contribution in [2.24, 2.45) is 0 Å². The quantitative estimate of drug-likeness (QED) is 0.611. The fourth-order valence-electron chi connectivity index (χ4n) is 0.873. The Kier molecular flexibility index (Phi) is 5.77. The zero-order valence-corrected chi connectivity index (χ0v) is 9.57. The van der Waals surface area contributed by atoms with Crippen molar-refractivity contribution in [2.75, 3.05) is 11.5 Å². The van der Waals surface area contributed by atoms with Gasteiger partial charge in [0.2, 0.25) is 5.95 Å². The average Bonchev–Trinajstić information content (AvgIpc) is 2.72. The number of rotatable bonds is 0. The Balaban J connectivity index is 0.000000442. The second-order valence-electron chi connectivity index (χ2n) is 2.07. The summed E-state index contributed by atoms with van der Waals surface area (Å²) in [4.78, 5) is 14.3. The SMILES string of the molecule is CC.CC.Nc1nc(N)c2[nH]cnc2n1. The molecule has 84 valence electrons. The van der Waals surface area contributed by atoms with Gasteiger partial charge in [-0.25, -0.2) is 4.98 Å². The zero-order valence-electron chi connectivity index (χ0n) is 9.57. The maximum absolute atomic E-state index is 5.50. The van der Waals surface area contributed by atoms with E-state index < -0.39 is 0 Å². The van der Waals surface area contributed by atoms with Gasteiger partial charge in [0.1, 0.15) is 5.52 Å². The van der Waals surface area contributed by atoms with Gasteiger partial charge in [-0.15, -0.1) is 0 Å². The molecule has 0 spiro atoms. The third-order valence-electron chi connectivity index (χ3n) is 1.33. The Labute approximate surface area is 89.1 Å². The van der Waals surface area contributed by atoms with Crippen molar-refractivity contribution in [1.29, 1.82) is 0 Å². The second kappa shape index (κ2) is 6.58. The molecule has 0 aliphatic heterocycles. The molecule has 2 heterocycles. The van der Waals surface area contributed by atoms with Gasteiger partial charge in [-0.1, -0.05) is 27.7 Å². The number of imidazole rings is 1. The molecule has 6 nitrogen and oxygen atoms in total. The highest BCUT2D eigenvalue weighted by atomic mass is 15.1. The molecule has 0 amide bonds. The summed E-state index contributed by atoms with van der Waals surface area (Å²) in [6.07, 6.45) is 1.50. The van der Waals surface area contributed by atoms with Crippen LogP contribution in [0.25, 0.3) is 11.2 Å². The minimum Gasteiger partial charge on any atom is -0.382 e. The summed E-state index contributed by atoms with van der Waals surface area (Å²) in [6.45, 7) is 8.00. The van der Waals surface area contributed by atoms with Crippen molar-refractivity contribution in [1.82, 2.24) is 19.9 Å². The first-order chi connectivity index (χ1) is 7.27. The molecule has 2 aromatic rings. The van der Waals surface area contributed by atoms with Gasteiger partial charge in [0.05, 0.1) is 6.33 Å². The van der Waals surface area contributed by atoms with Crippen LogP contribution in [0.5, 0.6) is 0 Å². The Morgan fingerprint density at radius 2 is 1.67 bits per heavy atom. The molecule has 0 aliphatic rings. The van der Waals surface area contributed by atoms with E-state index in [9.17, 15) is 0 Å². The Morgan fingerprint density at radius 3 is 2.27 bits per heavy atom. The molecule has 0 atom stereocenters. The maximum atomic E-state index is 5.50. The number of aromatic amines is 1. The van der Waals surface area contributed by atoms with Crippen LogP contribution in [0.1, 0.15) is 27.7 Å². The van der Waals surface area contributed by atoms with Crippen LogP contribution in [0.4, 0.5) is 11.8 Å². The standard InChI is InChI=1S/C5H6N6.2C2H6/c6-3-2-4(9-1-8-2)11-5(7)10-3;2*1-2/h1H,(H5,6,7,8,9,10,11);2*1-2H3. The monoisotopic (exact) mass is 210 g/mol. The molecule has 0 aliphatic carbocycles. The van der Waals surface area contributed by atoms with Crippen LogP contribution in [0.2, 0.25) is 0 Å². The van der Waals surface area contributed by atoms with Gasteiger partial charge in [0.15, 0.2) is 11.5 Å². The number of nitrogens with one attached hydrogen (secondary N) is 1. The van der Waals surface area contributed by atoms with Crippen molar-refractivity contribution in [2.45, 2.75) is 27.7 Å². The van der Waals surface area contributed by atoms with Crippen LogP contribution in [0.15, 0.2) is 6.33 Å². The summed E-state index contributed by atoms with van der Waals surface area (Å²) in [5.41, 5.74) is 11.9. The van der Waals surface area contributed by atoms with Crippen molar-refractivity contribution >= 4 is 22.9 Å². The van der Waals surface area contributed by atoms with Crippen LogP contribution in [0.3, 0.4) is 0 Å². The first-order valence-corrected chi connectivity index (χ1v) is 4.99. The summed E-state index contributed by atoms with van der Waals surface area (Å²) in [6, 6.07) is 0. The Morgan fingerprint density at radius 1 is 1.07 bits per heavy atom. The summed E-state index contributed by atoms with van der Waals surface area (Å²) in [5, 5.41) is 0. The van der Waals surface area contributed by atoms with Crippen molar-refractivity contribution in [3.05, 3.63) is 6.33 Å². The number of nitrogens with two attached hydrogens (primary N) is 2. The van der Waals surface area contributed by atoms with Gasteiger partial charge in [0, 0.05) is 0 Å². The minimum absolute atomic E-state index is 0.141. The molecule has 0 unspecified atom stereocenters. The van der Waals surface area contributed by atoms with E-state index in [2.05, 4.69) is 19.9 Å². The molecule has 2 rings (SSSR count). The Hall–Kier alpha value is -1.85. The topological polar surface area (TPSA) is 106 Å². The number of hydrogen-bond acceptors (Lipinski definition) is 5. The molecular weight excluding hydrogens is 192 g/mol. The van der Waals surface area contributed by atoms with Crippen LogP contribution in [-0.2, 0) is 0 Å². The third kappa shape index (κ3) is 3.08. The Bertz CT molecular complexity index is 394. The number of hydrogen-bond donors (Lipinski definition) is 3. The number of nitrogen functional groups attached to an aromatic ring is 2. The van der Waals surface area contributed by atoms with Crippen LogP contribution in [-0.4, -0.2) is 19.9 Å². The number of nitrogens with zero attached hydrogens (tertiary/aromatic N) is 3. The maximum Gasteiger partial charge on any atom is 0.224 e. The second-order valence-corrected chi connectivity index (χ2v) is 2.07.